The number of halogens is 2. The molecule has 1 amide bonds. The van der Waals surface area contributed by atoms with Crippen LogP contribution in [-0.4, -0.2) is 19.0 Å². The van der Waals surface area contributed by atoms with Gasteiger partial charge in [0.05, 0.1) is 12.2 Å². The summed E-state index contributed by atoms with van der Waals surface area (Å²) >= 11 is 9.20. The number of hydrogen-bond donors (Lipinski definition) is 2. The molecular formula is C10H12BrClN2O. The summed E-state index contributed by atoms with van der Waals surface area (Å²) in [5.41, 5.74) is 0.814. The molecule has 0 aliphatic heterocycles. The Morgan fingerprint density at radius 3 is 2.93 bits per heavy atom. The van der Waals surface area contributed by atoms with Crippen LogP contribution < -0.4 is 10.6 Å². The SMILES string of the molecule is CCNC(=O)CNc1cc(Cl)ccc1Br. The highest BCUT2D eigenvalue weighted by Crippen LogP contribution is 2.25. The van der Waals surface area contributed by atoms with Crippen LogP contribution >= 0.6 is 27.5 Å². The molecule has 0 bridgehead atoms. The number of carbonyl (C=O) groups excluding carboxylic acids is 1. The number of likely N-dealkylation sites (N-methyl/N-ethyl adjacent to an activating group) is 1. The summed E-state index contributed by atoms with van der Waals surface area (Å²) in [6, 6.07) is 5.39. The first kappa shape index (κ1) is 12.3. The van der Waals surface area contributed by atoms with Gasteiger partial charge in [-0.15, -0.1) is 0 Å². The molecule has 0 heterocycles. The van der Waals surface area contributed by atoms with E-state index in [9.17, 15) is 4.79 Å². The molecule has 0 fully saturated rings. The van der Waals surface area contributed by atoms with Gasteiger partial charge in [0.25, 0.3) is 0 Å². The average molecular weight is 292 g/mol. The average Bonchev–Trinajstić information content (AvgIpc) is 2.20. The molecule has 1 aromatic carbocycles. The molecule has 82 valence electrons. The van der Waals surface area contributed by atoms with E-state index in [4.69, 9.17) is 11.6 Å². The first-order valence-electron chi connectivity index (χ1n) is 4.59. The third-order valence-corrected chi connectivity index (χ3v) is 2.67. The van der Waals surface area contributed by atoms with Crippen molar-refractivity contribution in [2.45, 2.75) is 6.92 Å². The zero-order chi connectivity index (χ0) is 11.3. The quantitative estimate of drug-likeness (QED) is 0.895. The van der Waals surface area contributed by atoms with Gasteiger partial charge in [-0.05, 0) is 41.1 Å². The van der Waals surface area contributed by atoms with Gasteiger partial charge in [0, 0.05) is 16.0 Å². The van der Waals surface area contributed by atoms with Crippen LogP contribution in [0.2, 0.25) is 5.02 Å². The molecule has 0 saturated carbocycles. The molecule has 0 aliphatic rings. The van der Waals surface area contributed by atoms with Crippen LogP contribution in [0.15, 0.2) is 22.7 Å². The molecule has 0 saturated heterocycles. The maximum Gasteiger partial charge on any atom is 0.239 e. The van der Waals surface area contributed by atoms with Crippen molar-refractivity contribution in [3.05, 3.63) is 27.7 Å². The fourth-order valence-electron chi connectivity index (χ4n) is 1.07. The normalized spacial score (nSPS) is 9.80. The highest BCUT2D eigenvalue weighted by atomic mass is 79.9. The molecule has 3 nitrogen and oxygen atoms in total. The van der Waals surface area contributed by atoms with Crippen LogP contribution in [0.25, 0.3) is 0 Å². The van der Waals surface area contributed by atoms with Gasteiger partial charge < -0.3 is 10.6 Å². The van der Waals surface area contributed by atoms with Crippen molar-refractivity contribution in [1.82, 2.24) is 5.32 Å². The van der Waals surface area contributed by atoms with Crippen molar-refractivity contribution in [1.29, 1.82) is 0 Å². The molecule has 5 heteroatoms. The van der Waals surface area contributed by atoms with Crippen LogP contribution in [0, 0.1) is 0 Å². The topological polar surface area (TPSA) is 41.1 Å². The van der Waals surface area contributed by atoms with E-state index in [1.54, 1.807) is 12.1 Å². The smallest absolute Gasteiger partial charge is 0.239 e. The van der Waals surface area contributed by atoms with Crippen molar-refractivity contribution >= 4 is 39.1 Å². The van der Waals surface area contributed by atoms with Gasteiger partial charge >= 0.3 is 0 Å². The minimum Gasteiger partial charge on any atom is -0.375 e. The highest BCUT2D eigenvalue weighted by Gasteiger charge is 2.03. The molecule has 1 rings (SSSR count). The van der Waals surface area contributed by atoms with Crippen molar-refractivity contribution in [3.8, 4) is 0 Å². The number of anilines is 1. The molecule has 0 aliphatic carbocycles. The molecule has 2 N–H and O–H groups in total. The summed E-state index contributed by atoms with van der Waals surface area (Å²) < 4.78 is 0.885. The molecule has 0 aromatic heterocycles. The molecule has 0 spiro atoms. The monoisotopic (exact) mass is 290 g/mol. The number of amides is 1. The Kier molecular flexibility index (Phi) is 4.91. The van der Waals surface area contributed by atoms with Crippen LogP contribution in [0.1, 0.15) is 6.92 Å². The van der Waals surface area contributed by atoms with Crippen LogP contribution in [0.3, 0.4) is 0 Å². The van der Waals surface area contributed by atoms with E-state index in [1.165, 1.54) is 0 Å². The van der Waals surface area contributed by atoms with Crippen molar-refractivity contribution in [2.75, 3.05) is 18.4 Å². The fraction of sp³-hybridized carbons (Fsp3) is 0.300. The number of hydrogen-bond acceptors (Lipinski definition) is 2. The van der Waals surface area contributed by atoms with E-state index in [1.807, 2.05) is 13.0 Å². The van der Waals surface area contributed by atoms with E-state index in [-0.39, 0.29) is 12.5 Å². The second kappa shape index (κ2) is 5.98. The third kappa shape index (κ3) is 4.10. The Bertz CT molecular complexity index is 357. The fourth-order valence-corrected chi connectivity index (χ4v) is 1.63. The lowest BCUT2D eigenvalue weighted by Gasteiger charge is -2.08. The maximum absolute atomic E-state index is 11.2. The van der Waals surface area contributed by atoms with Crippen LogP contribution in [0.5, 0.6) is 0 Å². The second-order valence-corrected chi connectivity index (χ2v) is 4.22. The number of carbonyl (C=O) groups is 1. The molecular weight excluding hydrogens is 279 g/mol. The second-order valence-electron chi connectivity index (χ2n) is 2.93. The van der Waals surface area contributed by atoms with Crippen molar-refractivity contribution < 1.29 is 4.79 Å². The van der Waals surface area contributed by atoms with Gasteiger partial charge in [-0.1, -0.05) is 11.6 Å². The van der Waals surface area contributed by atoms with Crippen molar-refractivity contribution in [2.24, 2.45) is 0 Å². The zero-order valence-electron chi connectivity index (χ0n) is 8.31. The Balaban J connectivity index is 2.57. The maximum atomic E-state index is 11.2. The van der Waals surface area contributed by atoms with Gasteiger partial charge in [0.1, 0.15) is 0 Å². The minimum absolute atomic E-state index is 0.0376. The molecule has 0 radical (unpaired) electrons. The van der Waals surface area contributed by atoms with Gasteiger partial charge in [-0.25, -0.2) is 0 Å². The standard InChI is InChI=1S/C10H12BrClN2O/c1-2-13-10(15)6-14-9-5-7(12)3-4-8(9)11/h3-5,14H,2,6H2,1H3,(H,13,15). The summed E-state index contributed by atoms with van der Waals surface area (Å²) in [5, 5.41) is 6.33. The number of nitrogens with one attached hydrogen (secondary N) is 2. The lowest BCUT2D eigenvalue weighted by Crippen LogP contribution is -2.29. The summed E-state index contributed by atoms with van der Waals surface area (Å²) in [5.74, 6) is -0.0376. The van der Waals surface area contributed by atoms with E-state index < -0.39 is 0 Å². The predicted molar refractivity (Wildman–Crippen MR) is 66.3 cm³/mol. The molecule has 0 unspecified atom stereocenters. The zero-order valence-corrected chi connectivity index (χ0v) is 10.7. The first-order chi connectivity index (χ1) is 7.13. The lowest BCUT2D eigenvalue weighted by molar-refractivity contribution is -0.119. The summed E-state index contributed by atoms with van der Waals surface area (Å²) in [6.45, 7) is 2.76. The van der Waals surface area contributed by atoms with Gasteiger partial charge in [-0.2, -0.15) is 0 Å². The predicted octanol–water partition coefficient (Wildman–Crippen LogP) is 2.65. The molecule has 0 atom stereocenters. The molecule has 15 heavy (non-hydrogen) atoms. The van der Waals surface area contributed by atoms with E-state index in [0.29, 0.717) is 11.6 Å². The summed E-state index contributed by atoms with van der Waals surface area (Å²) in [4.78, 5) is 11.2. The van der Waals surface area contributed by atoms with Gasteiger partial charge in [0.2, 0.25) is 5.91 Å². The van der Waals surface area contributed by atoms with Gasteiger partial charge in [0.15, 0.2) is 0 Å². The number of benzene rings is 1. The summed E-state index contributed by atoms with van der Waals surface area (Å²) in [6.07, 6.45) is 0. The minimum atomic E-state index is -0.0376. The molecule has 1 aromatic rings. The largest absolute Gasteiger partial charge is 0.375 e. The third-order valence-electron chi connectivity index (χ3n) is 1.74. The van der Waals surface area contributed by atoms with E-state index in [2.05, 4.69) is 26.6 Å². The Morgan fingerprint density at radius 2 is 2.27 bits per heavy atom. The van der Waals surface area contributed by atoms with E-state index in [0.717, 1.165) is 10.2 Å². The Morgan fingerprint density at radius 1 is 1.53 bits per heavy atom. The first-order valence-corrected chi connectivity index (χ1v) is 5.76. The van der Waals surface area contributed by atoms with Crippen LogP contribution in [-0.2, 0) is 4.79 Å². The number of rotatable bonds is 4. The Labute approximate surface area is 102 Å². The van der Waals surface area contributed by atoms with E-state index >= 15 is 0 Å². The van der Waals surface area contributed by atoms with Crippen molar-refractivity contribution in [3.63, 3.8) is 0 Å². The van der Waals surface area contributed by atoms with Gasteiger partial charge in [-0.3, -0.25) is 4.79 Å². The van der Waals surface area contributed by atoms with Crippen LogP contribution in [0.4, 0.5) is 5.69 Å². The highest BCUT2D eigenvalue weighted by molar-refractivity contribution is 9.10. The Hall–Kier alpha value is -0.740. The lowest BCUT2D eigenvalue weighted by atomic mass is 10.3. The summed E-state index contributed by atoms with van der Waals surface area (Å²) in [7, 11) is 0.